The molecular weight excluding hydrogens is 265 g/mol. The summed E-state index contributed by atoms with van der Waals surface area (Å²) in [4.78, 5) is 5.54. The molecule has 0 aromatic heterocycles. The first-order chi connectivity index (χ1) is 7.70. The first-order valence-corrected chi connectivity index (χ1v) is 7.02. The monoisotopic (exact) mass is 281 g/mol. The molecule has 16 heavy (non-hydrogen) atoms. The molecule has 1 saturated heterocycles. The molecule has 0 aliphatic carbocycles. The zero-order valence-electron chi connectivity index (χ0n) is 9.78. The van der Waals surface area contributed by atoms with Crippen LogP contribution in [0.1, 0.15) is 18.1 Å². The van der Waals surface area contributed by atoms with Gasteiger partial charge in [0.15, 0.2) is 0 Å². The van der Waals surface area contributed by atoms with Crippen LogP contribution in [-0.4, -0.2) is 26.4 Å². The number of ether oxygens (including phenoxy) is 1. The van der Waals surface area contributed by atoms with Crippen molar-refractivity contribution >= 4 is 25.4 Å². The van der Waals surface area contributed by atoms with Crippen molar-refractivity contribution < 1.29 is 4.74 Å². The van der Waals surface area contributed by atoms with E-state index in [9.17, 15) is 0 Å². The Morgan fingerprint density at radius 1 is 1.31 bits per heavy atom. The third-order valence-electron chi connectivity index (χ3n) is 2.52. The topological polar surface area (TPSA) is 21.6 Å². The SMILES string of the molecule is C/C=C1/COC(=Nc2c(C)cccc2C)[Se]1. The van der Waals surface area contributed by atoms with E-state index >= 15 is 0 Å². The number of benzene rings is 1. The molecule has 0 spiro atoms. The van der Waals surface area contributed by atoms with Crippen LogP contribution in [-0.2, 0) is 4.74 Å². The number of aliphatic imine (C=N–C) groups is 1. The molecule has 2 nitrogen and oxygen atoms in total. The number of aryl methyl sites for hydroxylation is 2. The number of allylic oxidation sites excluding steroid dienone is 1. The Morgan fingerprint density at radius 2 is 2.00 bits per heavy atom. The molecular formula is C13H15NOSe. The van der Waals surface area contributed by atoms with Crippen LogP contribution in [0.15, 0.2) is 33.7 Å². The average molecular weight is 280 g/mol. The van der Waals surface area contributed by atoms with Crippen molar-refractivity contribution in [3.8, 4) is 0 Å². The fourth-order valence-corrected chi connectivity index (χ4v) is 3.07. The predicted octanol–water partition coefficient (Wildman–Crippen LogP) is 2.93. The zero-order chi connectivity index (χ0) is 11.5. The van der Waals surface area contributed by atoms with Crippen molar-refractivity contribution in [2.45, 2.75) is 20.8 Å². The molecule has 0 amide bonds. The van der Waals surface area contributed by atoms with Crippen LogP contribution in [0, 0.1) is 13.8 Å². The number of para-hydroxylation sites is 1. The first-order valence-electron chi connectivity index (χ1n) is 5.31. The molecule has 1 aromatic carbocycles. The van der Waals surface area contributed by atoms with Gasteiger partial charge in [-0.2, -0.15) is 0 Å². The molecule has 1 aliphatic rings. The zero-order valence-corrected chi connectivity index (χ0v) is 11.5. The van der Waals surface area contributed by atoms with Gasteiger partial charge in [-0.15, -0.1) is 0 Å². The fourth-order valence-electron chi connectivity index (χ4n) is 1.57. The average Bonchev–Trinajstić information content (AvgIpc) is 2.71. The summed E-state index contributed by atoms with van der Waals surface area (Å²) in [6.07, 6.45) is 2.13. The summed E-state index contributed by atoms with van der Waals surface area (Å²) >= 11 is 0.281. The predicted molar refractivity (Wildman–Crippen MR) is 68.5 cm³/mol. The molecule has 2 rings (SSSR count). The van der Waals surface area contributed by atoms with E-state index in [1.165, 1.54) is 15.6 Å². The van der Waals surface area contributed by atoms with Crippen molar-refractivity contribution in [2.24, 2.45) is 4.99 Å². The van der Waals surface area contributed by atoms with Crippen LogP contribution in [0.4, 0.5) is 5.69 Å². The van der Waals surface area contributed by atoms with Gasteiger partial charge in [0.25, 0.3) is 0 Å². The summed E-state index contributed by atoms with van der Waals surface area (Å²) in [5, 5.41) is 0. The summed E-state index contributed by atoms with van der Waals surface area (Å²) < 4.78 is 6.95. The van der Waals surface area contributed by atoms with Gasteiger partial charge in [-0.25, -0.2) is 0 Å². The first kappa shape index (κ1) is 11.4. The molecule has 0 radical (unpaired) electrons. The number of nitrogens with zero attached hydrogens (tertiary/aromatic N) is 1. The minimum absolute atomic E-state index is 0.281. The van der Waals surface area contributed by atoms with E-state index in [-0.39, 0.29) is 15.0 Å². The number of hydrogen-bond acceptors (Lipinski definition) is 2. The van der Waals surface area contributed by atoms with Crippen LogP contribution >= 0.6 is 0 Å². The fraction of sp³-hybridized carbons (Fsp3) is 0.308. The molecule has 0 N–H and O–H groups in total. The molecule has 1 aromatic rings. The van der Waals surface area contributed by atoms with Gasteiger partial charge >= 0.3 is 102 Å². The Labute approximate surface area is 103 Å². The molecule has 0 unspecified atom stereocenters. The van der Waals surface area contributed by atoms with Crippen molar-refractivity contribution in [3.05, 3.63) is 39.9 Å². The van der Waals surface area contributed by atoms with Crippen molar-refractivity contribution in [2.75, 3.05) is 6.61 Å². The summed E-state index contributed by atoms with van der Waals surface area (Å²) in [5.74, 6) is 0. The van der Waals surface area contributed by atoms with Crippen LogP contribution in [0.5, 0.6) is 0 Å². The second-order valence-electron chi connectivity index (χ2n) is 3.76. The summed E-state index contributed by atoms with van der Waals surface area (Å²) in [6.45, 7) is 6.96. The van der Waals surface area contributed by atoms with Crippen molar-refractivity contribution in [1.29, 1.82) is 0 Å². The van der Waals surface area contributed by atoms with Gasteiger partial charge < -0.3 is 0 Å². The normalized spacial score (nSPS) is 20.4. The molecule has 0 atom stereocenters. The van der Waals surface area contributed by atoms with Crippen molar-refractivity contribution in [1.82, 2.24) is 0 Å². The second-order valence-corrected chi connectivity index (χ2v) is 6.03. The Hall–Kier alpha value is -1.05. The quantitative estimate of drug-likeness (QED) is 0.725. The summed E-state index contributed by atoms with van der Waals surface area (Å²) in [6, 6.07) is 6.24. The van der Waals surface area contributed by atoms with Crippen LogP contribution in [0.2, 0.25) is 0 Å². The van der Waals surface area contributed by atoms with Gasteiger partial charge in [-0.3, -0.25) is 0 Å². The third-order valence-corrected chi connectivity index (χ3v) is 4.62. The molecule has 0 saturated carbocycles. The van der Waals surface area contributed by atoms with E-state index in [0.29, 0.717) is 0 Å². The second kappa shape index (κ2) is 4.86. The molecule has 3 heteroatoms. The van der Waals surface area contributed by atoms with Gasteiger partial charge in [0.2, 0.25) is 0 Å². The Bertz CT molecular complexity index is 443. The van der Waals surface area contributed by atoms with E-state index in [0.717, 1.165) is 17.1 Å². The third kappa shape index (κ3) is 2.37. The van der Waals surface area contributed by atoms with Crippen LogP contribution in [0.3, 0.4) is 0 Å². The standard InChI is InChI=1S/C13H15NOSe/c1-4-11-8-15-13(16-11)14-12-9(2)6-5-7-10(12)3/h4-7H,8H2,1-3H3/b11-4-,14-13?. The maximum atomic E-state index is 5.58. The molecule has 84 valence electrons. The van der Waals surface area contributed by atoms with E-state index < -0.39 is 0 Å². The van der Waals surface area contributed by atoms with Crippen LogP contribution in [0.25, 0.3) is 0 Å². The molecule has 0 bridgehead atoms. The van der Waals surface area contributed by atoms with Gasteiger partial charge in [0, 0.05) is 0 Å². The van der Waals surface area contributed by atoms with Crippen molar-refractivity contribution in [3.63, 3.8) is 0 Å². The van der Waals surface area contributed by atoms with E-state index in [2.05, 4.69) is 50.0 Å². The van der Waals surface area contributed by atoms with E-state index in [4.69, 9.17) is 4.74 Å². The van der Waals surface area contributed by atoms with Gasteiger partial charge in [-0.1, -0.05) is 0 Å². The van der Waals surface area contributed by atoms with E-state index in [1.807, 2.05) is 0 Å². The molecule has 1 aliphatic heterocycles. The number of rotatable bonds is 1. The molecule has 1 fully saturated rings. The van der Waals surface area contributed by atoms with Gasteiger partial charge in [-0.05, 0) is 0 Å². The number of hydrogen-bond donors (Lipinski definition) is 0. The summed E-state index contributed by atoms with van der Waals surface area (Å²) in [7, 11) is 0. The Balaban J connectivity index is 2.30. The van der Waals surface area contributed by atoms with Crippen LogP contribution < -0.4 is 0 Å². The molecule has 1 heterocycles. The van der Waals surface area contributed by atoms with E-state index in [1.54, 1.807) is 0 Å². The minimum atomic E-state index is 0.281. The maximum absolute atomic E-state index is 5.58. The Morgan fingerprint density at radius 3 is 2.56 bits per heavy atom. The Kier molecular flexibility index (Phi) is 3.47. The summed E-state index contributed by atoms with van der Waals surface area (Å²) in [5.41, 5.74) is 3.48. The van der Waals surface area contributed by atoms with Gasteiger partial charge in [0.1, 0.15) is 0 Å². The van der Waals surface area contributed by atoms with Gasteiger partial charge in [0.05, 0.1) is 0 Å².